The Kier molecular flexibility index (Phi) is 10.2. The number of aromatic amines is 1. The highest BCUT2D eigenvalue weighted by Gasteiger charge is 2.39. The molecule has 1 unspecified atom stereocenters. The molecule has 7 rings (SSSR count). The Bertz CT molecular complexity index is 2230. The van der Waals surface area contributed by atoms with Gasteiger partial charge in [-0.1, -0.05) is 52.2 Å². The minimum atomic E-state index is -0.645. The zero-order chi connectivity index (χ0) is 38.0. The van der Waals surface area contributed by atoms with Gasteiger partial charge in [-0.15, -0.1) is 0 Å². The second kappa shape index (κ2) is 15.2. The summed E-state index contributed by atoms with van der Waals surface area (Å²) in [6.45, 7) is 7.30. The van der Waals surface area contributed by atoms with Gasteiger partial charge in [0.15, 0.2) is 0 Å². The summed E-state index contributed by atoms with van der Waals surface area (Å²) < 4.78 is 8.10. The number of H-pyrrole nitrogens is 1. The van der Waals surface area contributed by atoms with Crippen molar-refractivity contribution >= 4 is 40.5 Å². The van der Waals surface area contributed by atoms with E-state index in [1.165, 1.54) is 0 Å². The molecule has 2 aliphatic heterocycles. The fourth-order valence-corrected chi connectivity index (χ4v) is 7.30. The number of carbonyl (C=O) groups is 4. The Morgan fingerprint density at radius 2 is 1.80 bits per heavy atom. The van der Waals surface area contributed by atoms with Crippen LogP contribution in [0.4, 0.5) is 10.5 Å². The molecule has 5 aromatic rings. The summed E-state index contributed by atoms with van der Waals surface area (Å²) in [6, 6.07) is 18.2. The normalized spacial score (nSPS) is 15.8. The number of urea groups is 1. The number of nitrogens with one attached hydrogen (secondary N) is 3. The first-order chi connectivity index (χ1) is 26.0. The van der Waals surface area contributed by atoms with Crippen LogP contribution in [-0.2, 0) is 28.0 Å². The minimum absolute atomic E-state index is 0.130. The molecule has 0 aliphatic carbocycles. The van der Waals surface area contributed by atoms with E-state index in [0.29, 0.717) is 30.8 Å². The molecule has 1 saturated heterocycles. The summed E-state index contributed by atoms with van der Waals surface area (Å²) >= 11 is 0. The third-order valence-electron chi connectivity index (χ3n) is 10.2. The minimum Gasteiger partial charge on any atom is -0.494 e. The van der Waals surface area contributed by atoms with Gasteiger partial charge in [-0.25, -0.2) is 9.78 Å². The van der Waals surface area contributed by atoms with Crippen LogP contribution >= 0.6 is 0 Å². The Labute approximate surface area is 313 Å². The molecule has 5 amide bonds. The van der Waals surface area contributed by atoms with Crippen LogP contribution in [0.5, 0.6) is 5.75 Å². The van der Waals surface area contributed by atoms with E-state index in [1.54, 1.807) is 11.2 Å². The number of fused-ring (bicyclic) bond motifs is 2. The fraction of sp³-hybridized carbons (Fsp3) is 0.366. The summed E-state index contributed by atoms with van der Waals surface area (Å²) in [6.07, 6.45) is 8.40. The van der Waals surface area contributed by atoms with Gasteiger partial charge >= 0.3 is 6.03 Å². The average Bonchev–Trinajstić information content (AvgIpc) is 3.88. The molecule has 0 bridgehead atoms. The van der Waals surface area contributed by atoms with E-state index in [-0.39, 0.29) is 29.6 Å². The summed E-state index contributed by atoms with van der Waals surface area (Å²) in [5.41, 5.74) is 13.7. The Morgan fingerprint density at radius 3 is 2.57 bits per heavy atom. The highest BCUT2D eigenvalue weighted by Crippen LogP contribution is 2.34. The lowest BCUT2D eigenvalue weighted by molar-refractivity contribution is -0.136. The van der Waals surface area contributed by atoms with Crippen molar-refractivity contribution in [1.29, 1.82) is 0 Å². The van der Waals surface area contributed by atoms with Crippen LogP contribution in [0, 0.1) is 0 Å². The number of nitrogens with two attached hydrogens (primary N) is 1. The number of amides is 5. The molecule has 4 heterocycles. The Hall–Kier alpha value is -5.98. The maximum absolute atomic E-state index is 13.1. The molecule has 2 aromatic heterocycles. The number of primary amides is 1. The highest BCUT2D eigenvalue weighted by molar-refractivity contribution is 6.05. The van der Waals surface area contributed by atoms with E-state index in [9.17, 15) is 19.2 Å². The molecule has 3 aromatic carbocycles. The third kappa shape index (κ3) is 7.71. The number of imide groups is 1. The van der Waals surface area contributed by atoms with Crippen molar-refractivity contribution in [3.63, 3.8) is 0 Å². The number of hydrogen-bond donors (Lipinski definition) is 4. The molecule has 2 aliphatic rings. The number of carbonyl (C=O) groups excluding carboxylic acids is 4. The van der Waals surface area contributed by atoms with Gasteiger partial charge in [-0.2, -0.15) is 5.10 Å². The number of aryl methyl sites for hydroxylation is 1. The molecule has 0 radical (unpaired) electrons. The molecule has 13 heteroatoms. The lowest BCUT2D eigenvalue weighted by atomic mass is 9.92. The van der Waals surface area contributed by atoms with Crippen molar-refractivity contribution in [3.8, 4) is 22.7 Å². The first-order valence-corrected chi connectivity index (χ1v) is 18.6. The molecule has 0 spiro atoms. The van der Waals surface area contributed by atoms with E-state index in [1.807, 2.05) is 59.2 Å². The number of rotatable bonds is 13. The summed E-state index contributed by atoms with van der Waals surface area (Å²) in [4.78, 5) is 55.2. The molecule has 1 atom stereocenters. The lowest BCUT2D eigenvalue weighted by Gasteiger charge is -2.29. The van der Waals surface area contributed by atoms with Crippen LogP contribution in [-0.4, -0.2) is 61.0 Å². The van der Waals surface area contributed by atoms with Crippen LogP contribution in [0.3, 0.4) is 0 Å². The summed E-state index contributed by atoms with van der Waals surface area (Å²) in [5.74, 6) is -0.0321. The highest BCUT2D eigenvalue weighted by atomic mass is 16.5. The van der Waals surface area contributed by atoms with Gasteiger partial charge < -0.3 is 20.7 Å². The fourth-order valence-electron chi connectivity index (χ4n) is 7.30. The molecule has 1 fully saturated rings. The monoisotopic (exact) mass is 730 g/mol. The van der Waals surface area contributed by atoms with Gasteiger partial charge in [0.1, 0.15) is 18.1 Å². The molecule has 54 heavy (non-hydrogen) atoms. The zero-order valence-electron chi connectivity index (χ0n) is 30.9. The number of aromatic nitrogens is 4. The van der Waals surface area contributed by atoms with E-state index in [2.05, 4.69) is 52.7 Å². The smallest absolute Gasteiger partial charge is 0.316 e. The molecule has 280 valence electrons. The van der Waals surface area contributed by atoms with Crippen molar-refractivity contribution in [1.82, 2.24) is 30.0 Å². The first kappa shape index (κ1) is 36.4. The SMILES string of the molecule is CC(C)(C)c1cc(-c2cc(-n3cnc4cc(OCCCCCCCc5cccc6c5CN(C5CCC(=O)NC5=O)C6=O)ccc43)ccc2NC(N)=O)[nH]n1. The van der Waals surface area contributed by atoms with Crippen LogP contribution in [0.1, 0.15) is 92.9 Å². The molecular formula is C41H46N8O5. The van der Waals surface area contributed by atoms with Crippen molar-refractivity contribution in [2.24, 2.45) is 5.73 Å². The van der Waals surface area contributed by atoms with Crippen LogP contribution in [0.15, 0.2) is 67.0 Å². The van der Waals surface area contributed by atoms with E-state index >= 15 is 0 Å². The maximum Gasteiger partial charge on any atom is 0.316 e. The van der Waals surface area contributed by atoms with Crippen LogP contribution in [0.2, 0.25) is 0 Å². The van der Waals surface area contributed by atoms with Crippen molar-refractivity contribution in [2.45, 2.75) is 90.1 Å². The number of imidazole rings is 1. The number of anilines is 1. The van der Waals surface area contributed by atoms with Gasteiger partial charge in [0.2, 0.25) is 11.8 Å². The first-order valence-electron chi connectivity index (χ1n) is 18.6. The van der Waals surface area contributed by atoms with Gasteiger partial charge in [-0.3, -0.25) is 29.4 Å². The standard InChI is InChI=1S/C41H46N8O5/c1-41(2,3)36-22-32(46-47-36)29-20-26(13-15-31(29)44-40(42)53)49-24-43-33-21-27(14-16-34(33)49)54-19-8-6-4-5-7-10-25-11-9-12-28-30(25)23-48(39(28)52)35-17-18-37(50)45-38(35)51/h9,11-16,20-22,24,35H,4-8,10,17-19,23H2,1-3H3,(H,46,47)(H3,42,44,53)(H,45,50,51). The lowest BCUT2D eigenvalue weighted by Crippen LogP contribution is -2.52. The number of benzene rings is 3. The predicted molar refractivity (Wildman–Crippen MR) is 205 cm³/mol. The maximum atomic E-state index is 13.1. The molecule has 5 N–H and O–H groups in total. The Morgan fingerprint density at radius 1 is 0.981 bits per heavy atom. The second-order valence-electron chi connectivity index (χ2n) is 15.1. The van der Waals surface area contributed by atoms with Gasteiger partial charge in [0.05, 0.1) is 34.7 Å². The third-order valence-corrected chi connectivity index (χ3v) is 10.2. The predicted octanol–water partition coefficient (Wildman–Crippen LogP) is 6.54. The van der Waals surface area contributed by atoms with Gasteiger partial charge in [0.25, 0.3) is 5.91 Å². The number of unbranched alkanes of at least 4 members (excludes halogenated alkanes) is 4. The zero-order valence-corrected chi connectivity index (χ0v) is 30.9. The number of ether oxygens (including phenoxy) is 1. The number of hydrogen-bond acceptors (Lipinski definition) is 7. The largest absolute Gasteiger partial charge is 0.494 e. The van der Waals surface area contributed by atoms with Crippen molar-refractivity contribution in [3.05, 3.63) is 89.4 Å². The van der Waals surface area contributed by atoms with E-state index in [0.717, 1.165) is 89.1 Å². The van der Waals surface area contributed by atoms with E-state index in [4.69, 9.17) is 10.5 Å². The second-order valence-corrected chi connectivity index (χ2v) is 15.1. The van der Waals surface area contributed by atoms with Crippen molar-refractivity contribution < 1.29 is 23.9 Å². The molecule has 0 saturated carbocycles. The van der Waals surface area contributed by atoms with Gasteiger partial charge in [0, 0.05) is 41.3 Å². The summed E-state index contributed by atoms with van der Waals surface area (Å²) in [7, 11) is 0. The molecule has 13 nitrogen and oxygen atoms in total. The number of piperidine rings is 1. The number of nitrogens with zero attached hydrogens (tertiary/aromatic N) is 4. The van der Waals surface area contributed by atoms with Crippen molar-refractivity contribution in [2.75, 3.05) is 11.9 Å². The quantitative estimate of drug-likeness (QED) is 0.0785. The molecular weight excluding hydrogens is 685 g/mol. The Balaban J connectivity index is 0.898. The topological polar surface area (TPSA) is 177 Å². The average molecular weight is 731 g/mol. The van der Waals surface area contributed by atoms with Gasteiger partial charge in [-0.05, 0) is 79.3 Å². The summed E-state index contributed by atoms with van der Waals surface area (Å²) in [5, 5.41) is 12.7. The van der Waals surface area contributed by atoms with Crippen LogP contribution < -0.4 is 21.1 Å². The van der Waals surface area contributed by atoms with E-state index < -0.39 is 12.1 Å². The van der Waals surface area contributed by atoms with Crippen LogP contribution in [0.25, 0.3) is 28.0 Å².